The van der Waals surface area contributed by atoms with Crippen molar-refractivity contribution in [3.8, 4) is 17.5 Å². The van der Waals surface area contributed by atoms with Gasteiger partial charge >= 0.3 is 5.97 Å². The maximum absolute atomic E-state index is 10.8. The van der Waals surface area contributed by atoms with E-state index in [0.29, 0.717) is 0 Å². The van der Waals surface area contributed by atoms with Crippen LogP contribution in [-0.2, 0) is 0 Å². The predicted octanol–water partition coefficient (Wildman–Crippen LogP) is 1.31. The van der Waals surface area contributed by atoms with Gasteiger partial charge in [0.05, 0.1) is 6.20 Å². The van der Waals surface area contributed by atoms with Gasteiger partial charge in [0.2, 0.25) is 0 Å². The summed E-state index contributed by atoms with van der Waals surface area (Å²) in [5, 5.41) is 20.9. The first-order chi connectivity index (χ1) is 7.72. The number of carbonyl (C=O) groups is 1. The second kappa shape index (κ2) is 3.82. The largest absolute Gasteiger partial charge is 0.477 e. The molecule has 0 saturated heterocycles. The highest BCUT2D eigenvalue weighted by Gasteiger charge is 2.17. The van der Waals surface area contributed by atoms with Gasteiger partial charge in [-0.3, -0.25) is 0 Å². The van der Waals surface area contributed by atoms with Gasteiger partial charge in [-0.2, -0.15) is 5.26 Å². The molecule has 78 valence electrons. The van der Waals surface area contributed by atoms with E-state index < -0.39 is 5.97 Å². The van der Waals surface area contributed by atoms with Gasteiger partial charge in [0.1, 0.15) is 23.0 Å². The molecule has 2 aromatic rings. The average Bonchev–Trinajstić information content (AvgIpc) is 2.78. The van der Waals surface area contributed by atoms with Gasteiger partial charge in [-0.15, -0.1) is 0 Å². The van der Waals surface area contributed by atoms with E-state index in [0.717, 1.165) is 6.20 Å². The molecule has 2 heterocycles. The summed E-state index contributed by atoms with van der Waals surface area (Å²) in [5.74, 6) is -1.11. The van der Waals surface area contributed by atoms with E-state index in [1.54, 1.807) is 12.1 Å². The number of pyridine rings is 1. The number of carboxylic acid groups (broad SMARTS) is 1. The van der Waals surface area contributed by atoms with Gasteiger partial charge in [0.25, 0.3) is 0 Å². The number of nitriles is 1. The molecule has 2 aromatic heterocycles. The summed E-state index contributed by atoms with van der Waals surface area (Å²) < 4.78 is 4.81. The van der Waals surface area contributed by atoms with Crippen molar-refractivity contribution in [3.63, 3.8) is 0 Å². The minimum atomic E-state index is -1.15. The summed E-state index contributed by atoms with van der Waals surface area (Å²) in [7, 11) is 0. The fourth-order valence-electron chi connectivity index (χ4n) is 1.20. The third-order valence-electron chi connectivity index (χ3n) is 1.90. The first-order valence-electron chi connectivity index (χ1n) is 4.28. The molecular formula is C10H5N3O3. The van der Waals surface area contributed by atoms with Crippen LogP contribution in [0.2, 0.25) is 0 Å². The van der Waals surface area contributed by atoms with Crippen molar-refractivity contribution in [2.75, 3.05) is 0 Å². The minimum absolute atomic E-state index is 0.0459. The average molecular weight is 215 g/mol. The third-order valence-corrected chi connectivity index (χ3v) is 1.90. The molecule has 0 atom stereocenters. The van der Waals surface area contributed by atoms with Gasteiger partial charge in [-0.1, -0.05) is 11.2 Å². The SMILES string of the molecule is N#Cc1cccc(-c2oncc2C(=O)O)n1. The molecule has 0 saturated carbocycles. The lowest BCUT2D eigenvalue weighted by Gasteiger charge is -1.96. The first-order valence-corrected chi connectivity index (χ1v) is 4.28. The van der Waals surface area contributed by atoms with Crippen LogP contribution in [0.15, 0.2) is 28.9 Å². The van der Waals surface area contributed by atoms with Crippen LogP contribution in [0.5, 0.6) is 0 Å². The van der Waals surface area contributed by atoms with E-state index in [1.807, 2.05) is 6.07 Å². The normalized spacial score (nSPS) is 9.69. The van der Waals surface area contributed by atoms with Crippen LogP contribution in [0.1, 0.15) is 16.1 Å². The van der Waals surface area contributed by atoms with E-state index in [4.69, 9.17) is 14.9 Å². The van der Waals surface area contributed by atoms with Crippen molar-refractivity contribution in [2.24, 2.45) is 0 Å². The minimum Gasteiger partial charge on any atom is -0.477 e. The van der Waals surface area contributed by atoms with E-state index in [-0.39, 0.29) is 22.7 Å². The van der Waals surface area contributed by atoms with Crippen LogP contribution in [0.25, 0.3) is 11.5 Å². The Morgan fingerprint density at radius 2 is 2.31 bits per heavy atom. The number of carboxylic acids is 1. The highest BCUT2D eigenvalue weighted by Crippen LogP contribution is 2.21. The summed E-state index contributed by atoms with van der Waals surface area (Å²) >= 11 is 0. The van der Waals surface area contributed by atoms with Crippen LogP contribution in [0, 0.1) is 11.3 Å². The Morgan fingerprint density at radius 1 is 1.50 bits per heavy atom. The topological polar surface area (TPSA) is 100 Å². The lowest BCUT2D eigenvalue weighted by atomic mass is 10.2. The second-order valence-corrected chi connectivity index (χ2v) is 2.89. The van der Waals surface area contributed by atoms with Gasteiger partial charge in [0.15, 0.2) is 5.76 Å². The van der Waals surface area contributed by atoms with Crippen molar-refractivity contribution in [1.82, 2.24) is 10.1 Å². The Bertz CT molecular complexity index is 583. The van der Waals surface area contributed by atoms with E-state index in [1.165, 1.54) is 6.07 Å². The molecule has 0 amide bonds. The Morgan fingerprint density at radius 3 is 3.00 bits per heavy atom. The molecule has 1 N–H and O–H groups in total. The molecule has 6 nitrogen and oxygen atoms in total. The lowest BCUT2D eigenvalue weighted by molar-refractivity contribution is 0.0697. The summed E-state index contributed by atoms with van der Waals surface area (Å²) in [6.07, 6.45) is 1.10. The summed E-state index contributed by atoms with van der Waals surface area (Å²) in [6, 6.07) is 6.51. The molecule has 6 heteroatoms. The molecule has 0 bridgehead atoms. The number of aromatic nitrogens is 2. The van der Waals surface area contributed by atoms with Gasteiger partial charge in [-0.05, 0) is 12.1 Å². The molecular weight excluding hydrogens is 210 g/mol. The Balaban J connectivity index is 2.55. The number of hydrogen-bond donors (Lipinski definition) is 1. The molecule has 0 aliphatic heterocycles. The smallest absolute Gasteiger partial charge is 0.341 e. The van der Waals surface area contributed by atoms with Crippen LogP contribution in [0.4, 0.5) is 0 Å². The molecule has 2 rings (SSSR count). The molecule has 0 fully saturated rings. The van der Waals surface area contributed by atoms with E-state index >= 15 is 0 Å². The predicted molar refractivity (Wildman–Crippen MR) is 51.4 cm³/mol. The van der Waals surface area contributed by atoms with Crippen molar-refractivity contribution in [1.29, 1.82) is 5.26 Å². The highest BCUT2D eigenvalue weighted by atomic mass is 16.5. The van der Waals surface area contributed by atoms with Crippen LogP contribution < -0.4 is 0 Å². The third kappa shape index (κ3) is 1.62. The number of hydrogen-bond acceptors (Lipinski definition) is 5. The van der Waals surface area contributed by atoms with E-state index in [2.05, 4.69) is 10.1 Å². The van der Waals surface area contributed by atoms with Crippen LogP contribution in [0.3, 0.4) is 0 Å². The zero-order valence-corrected chi connectivity index (χ0v) is 7.91. The summed E-state index contributed by atoms with van der Waals surface area (Å²) in [6.45, 7) is 0. The lowest BCUT2D eigenvalue weighted by Crippen LogP contribution is -1.97. The first kappa shape index (κ1) is 9.86. The molecule has 0 radical (unpaired) electrons. The maximum atomic E-state index is 10.8. The summed E-state index contributed by atoms with van der Waals surface area (Å²) in [4.78, 5) is 14.7. The molecule has 16 heavy (non-hydrogen) atoms. The Hall–Kier alpha value is -2.68. The van der Waals surface area contributed by atoms with Crippen molar-refractivity contribution in [2.45, 2.75) is 0 Å². The van der Waals surface area contributed by atoms with Gasteiger partial charge < -0.3 is 9.63 Å². The van der Waals surface area contributed by atoms with Crippen molar-refractivity contribution < 1.29 is 14.4 Å². The molecule has 0 spiro atoms. The van der Waals surface area contributed by atoms with Gasteiger partial charge in [-0.25, -0.2) is 9.78 Å². The molecule has 0 aliphatic carbocycles. The Kier molecular flexibility index (Phi) is 2.36. The number of nitrogens with zero attached hydrogens (tertiary/aromatic N) is 3. The van der Waals surface area contributed by atoms with Crippen LogP contribution >= 0.6 is 0 Å². The van der Waals surface area contributed by atoms with E-state index in [9.17, 15) is 4.79 Å². The zero-order valence-electron chi connectivity index (χ0n) is 7.91. The molecule has 0 unspecified atom stereocenters. The molecule has 0 aromatic carbocycles. The fraction of sp³-hybridized carbons (Fsp3) is 0. The van der Waals surface area contributed by atoms with Crippen molar-refractivity contribution in [3.05, 3.63) is 35.7 Å². The zero-order chi connectivity index (χ0) is 11.5. The monoisotopic (exact) mass is 215 g/mol. The number of aromatic carboxylic acids is 1. The second-order valence-electron chi connectivity index (χ2n) is 2.89. The summed E-state index contributed by atoms with van der Waals surface area (Å²) in [5.41, 5.74) is 0.377. The molecule has 0 aliphatic rings. The van der Waals surface area contributed by atoms with Gasteiger partial charge in [0, 0.05) is 0 Å². The van der Waals surface area contributed by atoms with Crippen LogP contribution in [-0.4, -0.2) is 21.2 Å². The fourth-order valence-corrected chi connectivity index (χ4v) is 1.20. The maximum Gasteiger partial charge on any atom is 0.341 e. The number of rotatable bonds is 2. The quantitative estimate of drug-likeness (QED) is 0.810. The van der Waals surface area contributed by atoms with Crippen molar-refractivity contribution >= 4 is 5.97 Å². The Labute approximate surface area is 89.8 Å². The highest BCUT2D eigenvalue weighted by molar-refractivity contribution is 5.93. The standard InChI is InChI=1S/C10H5N3O3/c11-4-6-2-1-3-8(13-6)9-7(10(14)15)5-12-16-9/h1-3,5H,(H,14,15).